The summed E-state index contributed by atoms with van der Waals surface area (Å²) in [7, 11) is 0. The van der Waals surface area contributed by atoms with Crippen molar-refractivity contribution >= 4 is 17.3 Å². The fourth-order valence-electron chi connectivity index (χ4n) is 0.573. The minimum Gasteiger partial charge on any atom is -0.593 e. The van der Waals surface area contributed by atoms with Gasteiger partial charge in [0, 0.05) is 6.42 Å². The molecule has 0 radical (unpaired) electrons. The third-order valence-corrected chi connectivity index (χ3v) is 1.37. The summed E-state index contributed by atoms with van der Waals surface area (Å²) in [6.07, 6.45) is 1.89. The fourth-order valence-corrected chi connectivity index (χ4v) is 0.977. The molecule has 0 fully saturated rings. The maximum atomic E-state index is 10.8. The number of amides is 1. The molecule has 0 aliphatic rings. The van der Waals surface area contributed by atoms with Gasteiger partial charge < -0.3 is 4.55 Å². The molecule has 1 unspecified atom stereocenters. The van der Waals surface area contributed by atoms with Crippen LogP contribution in [0.5, 0.6) is 0 Å². The van der Waals surface area contributed by atoms with Crippen LogP contribution in [0.25, 0.3) is 0 Å². The first-order valence-electron chi connectivity index (χ1n) is 3.15. The molecule has 0 aromatic carbocycles. The zero-order chi connectivity index (χ0) is 8.15. The summed E-state index contributed by atoms with van der Waals surface area (Å²) in [6.45, 7) is 3.89. The van der Waals surface area contributed by atoms with E-state index in [0.717, 1.165) is 0 Å². The number of hydrogen-bond acceptors (Lipinski definition) is 2. The average molecular weight is 163 g/mol. The van der Waals surface area contributed by atoms with E-state index in [1.807, 2.05) is 13.8 Å². The molecule has 0 rings (SSSR count). The van der Waals surface area contributed by atoms with Crippen molar-refractivity contribution in [3.63, 3.8) is 0 Å². The molecule has 0 spiro atoms. The maximum Gasteiger partial charge on any atom is 0.261 e. The largest absolute Gasteiger partial charge is 0.593 e. The normalized spacial score (nSPS) is 13.3. The molecule has 0 saturated heterocycles. The first-order chi connectivity index (χ1) is 4.52. The van der Waals surface area contributed by atoms with E-state index in [1.165, 1.54) is 6.26 Å². The van der Waals surface area contributed by atoms with Crippen molar-refractivity contribution in [2.24, 2.45) is 5.92 Å². The van der Waals surface area contributed by atoms with Crippen LogP contribution >= 0.6 is 0 Å². The van der Waals surface area contributed by atoms with Gasteiger partial charge in [0.15, 0.2) is 0 Å². The van der Waals surface area contributed by atoms with E-state index in [2.05, 4.69) is 4.72 Å². The van der Waals surface area contributed by atoms with Crippen molar-refractivity contribution in [1.29, 1.82) is 0 Å². The zero-order valence-corrected chi connectivity index (χ0v) is 7.33. The summed E-state index contributed by atoms with van der Waals surface area (Å²) in [5.74, 6) is 0.180. The van der Waals surface area contributed by atoms with Crippen molar-refractivity contribution in [3.8, 4) is 0 Å². The van der Waals surface area contributed by atoms with Gasteiger partial charge in [-0.2, -0.15) is 4.72 Å². The third-order valence-electron chi connectivity index (χ3n) is 0.851. The molecule has 1 atom stereocenters. The number of nitrogens with one attached hydrogen (secondary N) is 1. The van der Waals surface area contributed by atoms with Crippen LogP contribution in [0.3, 0.4) is 0 Å². The lowest BCUT2D eigenvalue weighted by Gasteiger charge is -2.06. The second-order valence-electron chi connectivity index (χ2n) is 2.58. The van der Waals surface area contributed by atoms with Crippen LogP contribution in [-0.2, 0) is 16.2 Å². The van der Waals surface area contributed by atoms with Gasteiger partial charge in [0.25, 0.3) is 5.91 Å². The van der Waals surface area contributed by atoms with Gasteiger partial charge in [0.05, 0.1) is 11.4 Å². The van der Waals surface area contributed by atoms with Gasteiger partial charge >= 0.3 is 0 Å². The summed E-state index contributed by atoms with van der Waals surface area (Å²) in [5.41, 5.74) is 0. The Morgan fingerprint density at radius 3 is 2.50 bits per heavy atom. The summed E-state index contributed by atoms with van der Waals surface area (Å²) in [6, 6.07) is 0. The van der Waals surface area contributed by atoms with Gasteiger partial charge in [-0.3, -0.25) is 4.79 Å². The van der Waals surface area contributed by atoms with Crippen LogP contribution in [-0.4, -0.2) is 16.7 Å². The molecule has 0 bridgehead atoms. The smallest absolute Gasteiger partial charge is 0.261 e. The highest BCUT2D eigenvalue weighted by molar-refractivity contribution is 7.89. The quantitative estimate of drug-likeness (QED) is 0.614. The molecule has 10 heavy (non-hydrogen) atoms. The number of carbonyl (C=O) groups excluding carboxylic acids is 1. The van der Waals surface area contributed by atoms with Gasteiger partial charge in [0.2, 0.25) is 0 Å². The molecule has 0 aromatic heterocycles. The van der Waals surface area contributed by atoms with E-state index < -0.39 is 11.4 Å². The summed E-state index contributed by atoms with van der Waals surface area (Å²) in [5, 5.41) is 0. The number of rotatable bonds is 3. The van der Waals surface area contributed by atoms with Crippen LogP contribution in [0.15, 0.2) is 0 Å². The van der Waals surface area contributed by atoms with Gasteiger partial charge in [-0.15, -0.1) is 0 Å². The highest BCUT2D eigenvalue weighted by Gasteiger charge is 2.07. The molecule has 1 N–H and O–H groups in total. The van der Waals surface area contributed by atoms with Crippen molar-refractivity contribution < 1.29 is 9.35 Å². The van der Waals surface area contributed by atoms with E-state index in [4.69, 9.17) is 0 Å². The van der Waals surface area contributed by atoms with Crippen molar-refractivity contribution in [2.45, 2.75) is 20.3 Å². The summed E-state index contributed by atoms with van der Waals surface area (Å²) < 4.78 is 12.7. The standard InChI is InChI=1S/C6H13NO2S/c1-5(2)4-6(8)7-10(3)9/h5H,4H2,1-3H3,(H,7,8). The highest BCUT2D eigenvalue weighted by atomic mass is 32.2. The summed E-state index contributed by atoms with van der Waals surface area (Å²) in [4.78, 5) is 10.8. The van der Waals surface area contributed by atoms with Crippen LogP contribution < -0.4 is 4.72 Å². The molecular formula is C6H13NO2S. The first-order valence-corrected chi connectivity index (χ1v) is 4.71. The maximum absolute atomic E-state index is 10.8. The third kappa shape index (κ3) is 5.91. The fraction of sp³-hybridized carbons (Fsp3) is 0.833. The van der Waals surface area contributed by atoms with E-state index in [0.29, 0.717) is 12.3 Å². The second kappa shape index (κ2) is 4.57. The van der Waals surface area contributed by atoms with E-state index in [1.54, 1.807) is 0 Å². The molecule has 0 aromatic rings. The number of hydrogen-bond donors (Lipinski definition) is 1. The topological polar surface area (TPSA) is 52.2 Å². The molecule has 0 heterocycles. The molecule has 0 aliphatic carbocycles. The molecule has 1 amide bonds. The molecule has 60 valence electrons. The van der Waals surface area contributed by atoms with Gasteiger partial charge in [-0.05, 0) is 5.92 Å². The van der Waals surface area contributed by atoms with Crippen molar-refractivity contribution in [1.82, 2.24) is 4.72 Å². The molecule has 3 nitrogen and oxygen atoms in total. The predicted octanol–water partition coefficient (Wildman–Crippen LogP) is 0.442. The minimum absolute atomic E-state index is 0.143. The zero-order valence-electron chi connectivity index (χ0n) is 6.51. The van der Waals surface area contributed by atoms with Crippen molar-refractivity contribution in [3.05, 3.63) is 0 Å². The van der Waals surface area contributed by atoms with Gasteiger partial charge in [-0.25, -0.2) is 0 Å². The Balaban J connectivity index is 3.44. The molecule has 0 saturated carbocycles. The molecule has 4 heteroatoms. The van der Waals surface area contributed by atoms with Gasteiger partial charge in [-0.1, -0.05) is 13.8 Å². The Bertz CT molecular complexity index is 102. The lowest BCUT2D eigenvalue weighted by Crippen LogP contribution is -2.30. The highest BCUT2D eigenvalue weighted by Crippen LogP contribution is 1.98. The first kappa shape index (κ1) is 9.78. The van der Waals surface area contributed by atoms with Gasteiger partial charge in [0.1, 0.15) is 6.26 Å². The average Bonchev–Trinajstić information content (AvgIpc) is 1.58. The van der Waals surface area contributed by atoms with Crippen LogP contribution in [0.4, 0.5) is 0 Å². The van der Waals surface area contributed by atoms with Crippen LogP contribution in [0.2, 0.25) is 0 Å². The SMILES string of the molecule is CC(C)CC(=O)N[S+](C)[O-]. The Morgan fingerprint density at radius 2 is 2.20 bits per heavy atom. The predicted molar refractivity (Wildman–Crippen MR) is 41.7 cm³/mol. The van der Waals surface area contributed by atoms with E-state index in [9.17, 15) is 9.35 Å². The lowest BCUT2D eigenvalue weighted by atomic mass is 10.1. The summed E-state index contributed by atoms with van der Waals surface area (Å²) >= 11 is -1.21. The lowest BCUT2D eigenvalue weighted by molar-refractivity contribution is -0.120. The van der Waals surface area contributed by atoms with Crippen LogP contribution in [0, 0.1) is 5.92 Å². The monoisotopic (exact) mass is 163 g/mol. The van der Waals surface area contributed by atoms with E-state index >= 15 is 0 Å². The Morgan fingerprint density at radius 1 is 1.70 bits per heavy atom. The Labute approximate surface area is 64.5 Å². The molecule has 0 aliphatic heterocycles. The molecular weight excluding hydrogens is 150 g/mol. The Kier molecular flexibility index (Phi) is 4.47. The van der Waals surface area contributed by atoms with E-state index in [-0.39, 0.29) is 5.91 Å². The van der Waals surface area contributed by atoms with Crippen molar-refractivity contribution in [2.75, 3.05) is 6.26 Å². The van der Waals surface area contributed by atoms with Crippen LogP contribution in [0.1, 0.15) is 20.3 Å². The Hall–Kier alpha value is -0.220. The second-order valence-corrected chi connectivity index (χ2v) is 3.69. The number of carbonyl (C=O) groups is 1. The minimum atomic E-state index is -1.21.